The van der Waals surface area contributed by atoms with Gasteiger partial charge >= 0.3 is 5.97 Å². The number of hydrogen-bond donors (Lipinski definition) is 1. The lowest BCUT2D eigenvalue weighted by molar-refractivity contribution is -0.142. The van der Waals surface area contributed by atoms with Gasteiger partial charge in [0.25, 0.3) is 5.91 Å². The Morgan fingerprint density at radius 1 is 1.45 bits per heavy atom. The molecule has 0 aromatic heterocycles. The molecule has 0 bridgehead atoms. The maximum atomic E-state index is 12.4. The number of likely N-dealkylation sites (tertiary alicyclic amines) is 1. The van der Waals surface area contributed by atoms with Gasteiger partial charge in [0.05, 0.1) is 18.4 Å². The van der Waals surface area contributed by atoms with E-state index in [0.717, 1.165) is 5.56 Å². The van der Waals surface area contributed by atoms with Crippen LogP contribution in [0.1, 0.15) is 22.8 Å². The lowest BCUT2D eigenvalue weighted by atomic mass is 9.99. The molecule has 5 nitrogen and oxygen atoms in total. The molecule has 1 amide bonds. The average Bonchev–Trinajstić information content (AvgIpc) is 2.81. The van der Waals surface area contributed by atoms with Crippen molar-refractivity contribution in [3.8, 4) is 6.07 Å². The van der Waals surface area contributed by atoms with Gasteiger partial charge in [-0.1, -0.05) is 19.1 Å². The van der Waals surface area contributed by atoms with E-state index < -0.39 is 11.9 Å². The molecular weight excluding hydrogens is 256 g/mol. The lowest BCUT2D eigenvalue weighted by Gasteiger charge is -2.16. The number of aliphatic carboxylic acids is 1. The van der Waals surface area contributed by atoms with E-state index in [1.54, 1.807) is 29.2 Å². The van der Waals surface area contributed by atoms with E-state index >= 15 is 0 Å². The molecule has 1 aromatic rings. The minimum Gasteiger partial charge on any atom is -0.481 e. The molecule has 5 heteroatoms. The van der Waals surface area contributed by atoms with Crippen LogP contribution in [0.2, 0.25) is 0 Å². The SMILES string of the molecule is C[C@@H]1CN(C(=O)c2cccc(CC#N)c2)C[C@H]1C(=O)O. The van der Waals surface area contributed by atoms with Crippen molar-refractivity contribution >= 4 is 11.9 Å². The van der Waals surface area contributed by atoms with Crippen LogP contribution in [0.4, 0.5) is 0 Å². The molecule has 2 rings (SSSR count). The molecule has 0 unspecified atom stereocenters. The van der Waals surface area contributed by atoms with E-state index in [1.165, 1.54) is 0 Å². The van der Waals surface area contributed by atoms with Crippen LogP contribution in [0.15, 0.2) is 24.3 Å². The molecule has 1 aliphatic heterocycles. The molecule has 0 radical (unpaired) electrons. The van der Waals surface area contributed by atoms with Gasteiger partial charge in [0.2, 0.25) is 0 Å². The molecule has 1 saturated heterocycles. The number of carbonyl (C=O) groups excluding carboxylic acids is 1. The molecule has 1 heterocycles. The molecule has 1 aromatic carbocycles. The van der Waals surface area contributed by atoms with E-state index in [-0.39, 0.29) is 24.8 Å². The third-order valence-corrected chi connectivity index (χ3v) is 3.67. The zero-order valence-electron chi connectivity index (χ0n) is 11.2. The molecule has 2 atom stereocenters. The minimum atomic E-state index is -0.856. The number of nitriles is 1. The van der Waals surface area contributed by atoms with Crippen molar-refractivity contribution in [3.05, 3.63) is 35.4 Å². The highest BCUT2D eigenvalue weighted by Gasteiger charge is 2.37. The highest BCUT2D eigenvalue weighted by Crippen LogP contribution is 2.24. The number of benzene rings is 1. The fourth-order valence-corrected chi connectivity index (χ4v) is 2.54. The van der Waals surface area contributed by atoms with E-state index in [2.05, 4.69) is 0 Å². The van der Waals surface area contributed by atoms with Gasteiger partial charge in [-0.3, -0.25) is 9.59 Å². The second-order valence-electron chi connectivity index (χ2n) is 5.17. The summed E-state index contributed by atoms with van der Waals surface area (Å²) in [6.45, 7) is 2.55. The van der Waals surface area contributed by atoms with Crippen molar-refractivity contribution in [2.75, 3.05) is 13.1 Å². The maximum absolute atomic E-state index is 12.4. The predicted octanol–water partition coefficient (Wildman–Crippen LogP) is 1.55. The summed E-state index contributed by atoms with van der Waals surface area (Å²) in [6.07, 6.45) is 0.259. The largest absolute Gasteiger partial charge is 0.481 e. The average molecular weight is 272 g/mol. The third kappa shape index (κ3) is 2.80. The first-order valence-corrected chi connectivity index (χ1v) is 6.51. The first kappa shape index (κ1) is 14.1. The van der Waals surface area contributed by atoms with Crippen molar-refractivity contribution in [1.29, 1.82) is 5.26 Å². The Kier molecular flexibility index (Phi) is 4.04. The number of carboxylic acids is 1. The number of carbonyl (C=O) groups is 2. The standard InChI is InChI=1S/C15H16N2O3/c1-10-8-17(9-13(10)15(19)20)14(18)12-4-2-3-11(7-12)5-6-16/h2-4,7,10,13H,5,8-9H2,1H3,(H,19,20)/t10-,13-/m1/s1. The molecule has 0 spiro atoms. The summed E-state index contributed by atoms with van der Waals surface area (Å²) in [6, 6.07) is 8.98. The van der Waals surface area contributed by atoms with Crippen molar-refractivity contribution < 1.29 is 14.7 Å². The van der Waals surface area contributed by atoms with Crippen molar-refractivity contribution in [2.45, 2.75) is 13.3 Å². The van der Waals surface area contributed by atoms with Crippen molar-refractivity contribution in [3.63, 3.8) is 0 Å². The number of carboxylic acid groups (broad SMARTS) is 1. The van der Waals surface area contributed by atoms with Gasteiger partial charge < -0.3 is 10.0 Å². The van der Waals surface area contributed by atoms with Gasteiger partial charge in [-0.2, -0.15) is 5.26 Å². The minimum absolute atomic E-state index is 0.0428. The van der Waals surface area contributed by atoms with Crippen LogP contribution in [0.5, 0.6) is 0 Å². The van der Waals surface area contributed by atoms with Crippen molar-refractivity contribution in [2.24, 2.45) is 11.8 Å². The van der Waals surface area contributed by atoms with Gasteiger partial charge in [-0.25, -0.2) is 0 Å². The van der Waals surface area contributed by atoms with Crippen LogP contribution in [-0.4, -0.2) is 35.0 Å². The Morgan fingerprint density at radius 3 is 2.80 bits per heavy atom. The summed E-state index contributed by atoms with van der Waals surface area (Å²) in [7, 11) is 0. The maximum Gasteiger partial charge on any atom is 0.308 e. The Labute approximate surface area is 117 Å². The molecule has 104 valence electrons. The third-order valence-electron chi connectivity index (χ3n) is 3.67. The summed E-state index contributed by atoms with van der Waals surface area (Å²) in [5, 5.41) is 17.8. The summed E-state index contributed by atoms with van der Waals surface area (Å²) in [5.74, 6) is -1.56. The normalized spacial score (nSPS) is 21.5. The van der Waals surface area contributed by atoms with Gasteiger partial charge in [0, 0.05) is 18.7 Å². The second kappa shape index (κ2) is 5.74. The number of nitrogens with zero attached hydrogens (tertiary/aromatic N) is 2. The Balaban J connectivity index is 2.15. The molecule has 20 heavy (non-hydrogen) atoms. The predicted molar refractivity (Wildman–Crippen MR) is 72.0 cm³/mol. The quantitative estimate of drug-likeness (QED) is 0.905. The van der Waals surface area contributed by atoms with Gasteiger partial charge in [-0.05, 0) is 23.6 Å². The number of amides is 1. The molecule has 0 aliphatic carbocycles. The highest BCUT2D eigenvalue weighted by atomic mass is 16.4. The molecular formula is C15H16N2O3. The van der Waals surface area contributed by atoms with Crippen LogP contribution in [-0.2, 0) is 11.2 Å². The Bertz CT molecular complexity index is 577. The van der Waals surface area contributed by atoms with Crippen molar-refractivity contribution in [1.82, 2.24) is 4.90 Å². The number of rotatable bonds is 3. The lowest BCUT2D eigenvalue weighted by Crippen LogP contribution is -2.30. The zero-order valence-corrected chi connectivity index (χ0v) is 11.2. The second-order valence-corrected chi connectivity index (χ2v) is 5.17. The first-order valence-electron chi connectivity index (χ1n) is 6.51. The first-order chi connectivity index (χ1) is 9.52. The molecule has 1 aliphatic rings. The van der Waals surface area contributed by atoms with Gasteiger partial charge in [0.1, 0.15) is 0 Å². The smallest absolute Gasteiger partial charge is 0.308 e. The fourth-order valence-electron chi connectivity index (χ4n) is 2.54. The Morgan fingerprint density at radius 2 is 2.20 bits per heavy atom. The summed E-state index contributed by atoms with van der Waals surface area (Å²) >= 11 is 0. The Hall–Kier alpha value is -2.35. The van der Waals surface area contributed by atoms with Crippen LogP contribution in [0.25, 0.3) is 0 Å². The number of hydrogen-bond acceptors (Lipinski definition) is 3. The van der Waals surface area contributed by atoms with E-state index in [1.807, 2.05) is 13.0 Å². The van der Waals surface area contributed by atoms with Gasteiger partial charge in [0.15, 0.2) is 0 Å². The summed E-state index contributed by atoms with van der Waals surface area (Å²) in [4.78, 5) is 25.0. The summed E-state index contributed by atoms with van der Waals surface area (Å²) in [5.41, 5.74) is 1.30. The van der Waals surface area contributed by atoms with E-state index in [0.29, 0.717) is 12.1 Å². The monoisotopic (exact) mass is 272 g/mol. The fraction of sp³-hybridized carbons (Fsp3) is 0.400. The van der Waals surface area contributed by atoms with Crippen LogP contribution >= 0.6 is 0 Å². The van der Waals surface area contributed by atoms with E-state index in [4.69, 9.17) is 10.4 Å². The van der Waals surface area contributed by atoms with Crippen LogP contribution in [0.3, 0.4) is 0 Å². The summed E-state index contributed by atoms with van der Waals surface area (Å²) < 4.78 is 0. The molecule has 0 saturated carbocycles. The van der Waals surface area contributed by atoms with Crippen LogP contribution < -0.4 is 0 Å². The topological polar surface area (TPSA) is 81.4 Å². The van der Waals surface area contributed by atoms with Crippen LogP contribution in [0, 0.1) is 23.2 Å². The highest BCUT2D eigenvalue weighted by molar-refractivity contribution is 5.95. The molecule has 1 N–H and O–H groups in total. The molecule has 1 fully saturated rings. The van der Waals surface area contributed by atoms with E-state index in [9.17, 15) is 9.59 Å². The van der Waals surface area contributed by atoms with Gasteiger partial charge in [-0.15, -0.1) is 0 Å². The zero-order chi connectivity index (χ0) is 14.7.